The molecule has 0 aliphatic heterocycles. The number of esters is 2. The van der Waals surface area contributed by atoms with Crippen LogP contribution in [0.3, 0.4) is 0 Å². The molecule has 0 spiro atoms. The van der Waals surface area contributed by atoms with Crippen molar-refractivity contribution >= 4 is 18.0 Å². The first-order chi connectivity index (χ1) is 12.3. The number of amides is 1. The molecule has 8 heteroatoms. The molecule has 0 aliphatic carbocycles. The van der Waals surface area contributed by atoms with Crippen molar-refractivity contribution in [3.63, 3.8) is 0 Å². The van der Waals surface area contributed by atoms with Gasteiger partial charge in [0, 0.05) is 6.92 Å². The second-order valence-electron chi connectivity index (χ2n) is 5.77. The van der Waals surface area contributed by atoms with E-state index in [-0.39, 0.29) is 24.9 Å². The van der Waals surface area contributed by atoms with Gasteiger partial charge in [-0.25, -0.2) is 9.59 Å². The molecule has 0 bridgehead atoms. The Bertz CT molecular complexity index is 642. The third kappa shape index (κ3) is 6.62. The van der Waals surface area contributed by atoms with Crippen LogP contribution in [0.25, 0.3) is 0 Å². The van der Waals surface area contributed by atoms with Gasteiger partial charge in [-0.1, -0.05) is 19.9 Å². The van der Waals surface area contributed by atoms with Crippen molar-refractivity contribution in [3.8, 4) is 11.5 Å². The van der Waals surface area contributed by atoms with Gasteiger partial charge in [0.1, 0.15) is 12.6 Å². The average molecular weight is 367 g/mol. The van der Waals surface area contributed by atoms with Crippen LogP contribution in [0, 0.1) is 5.92 Å². The van der Waals surface area contributed by atoms with Crippen LogP contribution in [0.4, 0.5) is 4.79 Å². The number of carbonyl (C=O) groups is 3. The fourth-order valence-corrected chi connectivity index (χ4v) is 2.09. The topological polar surface area (TPSA) is 100 Å². The summed E-state index contributed by atoms with van der Waals surface area (Å²) in [6, 6.07) is 3.99. The number of hydrogen-bond donors (Lipinski definition) is 1. The van der Waals surface area contributed by atoms with E-state index in [9.17, 15) is 14.4 Å². The highest BCUT2D eigenvalue weighted by molar-refractivity contribution is 5.81. The molecule has 0 saturated heterocycles. The van der Waals surface area contributed by atoms with E-state index in [0.717, 1.165) is 0 Å². The minimum atomic E-state index is -0.789. The predicted octanol–water partition coefficient (Wildman–Crippen LogP) is 2.43. The first-order valence-corrected chi connectivity index (χ1v) is 8.23. The molecule has 1 amide bonds. The van der Waals surface area contributed by atoms with Crippen LogP contribution in [0.5, 0.6) is 11.5 Å². The normalized spacial score (nSPS) is 11.5. The summed E-state index contributed by atoms with van der Waals surface area (Å²) in [4.78, 5) is 34.9. The van der Waals surface area contributed by atoms with Crippen LogP contribution >= 0.6 is 0 Å². The number of hydrogen-bond acceptors (Lipinski definition) is 7. The van der Waals surface area contributed by atoms with Crippen LogP contribution in [0.1, 0.15) is 33.3 Å². The lowest BCUT2D eigenvalue weighted by Crippen LogP contribution is -2.45. The van der Waals surface area contributed by atoms with E-state index in [1.54, 1.807) is 39.0 Å². The number of methoxy groups -OCH3 is 1. The number of ether oxygens (including phenoxy) is 4. The summed E-state index contributed by atoms with van der Waals surface area (Å²) in [5, 5.41) is 2.50. The molecule has 26 heavy (non-hydrogen) atoms. The van der Waals surface area contributed by atoms with Gasteiger partial charge in [-0.05, 0) is 30.5 Å². The quantitative estimate of drug-likeness (QED) is 0.556. The van der Waals surface area contributed by atoms with E-state index in [4.69, 9.17) is 18.9 Å². The lowest BCUT2D eigenvalue weighted by atomic mass is 10.1. The standard InChI is InChI=1S/C18H25NO7/c1-6-24-17(21)16(11(2)3)19-18(22)25-10-13-7-8-14(26-12(4)20)15(9-13)23-5/h7-9,11,16H,6,10H2,1-5H3,(H,19,22)/t16-/m0/s1. The summed E-state index contributed by atoms with van der Waals surface area (Å²) in [5.41, 5.74) is 0.630. The highest BCUT2D eigenvalue weighted by atomic mass is 16.6. The molecule has 1 aromatic rings. The van der Waals surface area contributed by atoms with Crippen molar-refractivity contribution in [1.29, 1.82) is 0 Å². The molecular weight excluding hydrogens is 342 g/mol. The second kappa shape index (κ2) is 10.3. The van der Waals surface area contributed by atoms with Crippen LogP contribution in [0.15, 0.2) is 18.2 Å². The van der Waals surface area contributed by atoms with Crippen molar-refractivity contribution < 1.29 is 33.3 Å². The summed E-state index contributed by atoms with van der Waals surface area (Å²) < 4.78 is 20.2. The van der Waals surface area contributed by atoms with Crippen LogP contribution < -0.4 is 14.8 Å². The number of benzene rings is 1. The Morgan fingerprint density at radius 1 is 1.12 bits per heavy atom. The molecule has 0 saturated carbocycles. The lowest BCUT2D eigenvalue weighted by molar-refractivity contribution is -0.146. The van der Waals surface area contributed by atoms with Gasteiger partial charge >= 0.3 is 18.0 Å². The number of rotatable bonds is 8. The highest BCUT2D eigenvalue weighted by Gasteiger charge is 2.26. The lowest BCUT2D eigenvalue weighted by Gasteiger charge is -2.20. The molecule has 1 N–H and O–H groups in total. The molecule has 144 valence electrons. The fourth-order valence-electron chi connectivity index (χ4n) is 2.09. The Morgan fingerprint density at radius 3 is 2.35 bits per heavy atom. The Morgan fingerprint density at radius 2 is 1.81 bits per heavy atom. The molecule has 1 atom stereocenters. The zero-order valence-electron chi connectivity index (χ0n) is 15.7. The predicted molar refractivity (Wildman–Crippen MR) is 92.9 cm³/mol. The van der Waals surface area contributed by atoms with E-state index < -0.39 is 24.1 Å². The Kier molecular flexibility index (Phi) is 8.41. The number of nitrogens with one attached hydrogen (secondary N) is 1. The SMILES string of the molecule is CCOC(=O)[C@@H](NC(=O)OCc1ccc(OC(C)=O)c(OC)c1)C(C)C. The fraction of sp³-hybridized carbons (Fsp3) is 0.500. The highest BCUT2D eigenvalue weighted by Crippen LogP contribution is 2.28. The van der Waals surface area contributed by atoms with Gasteiger partial charge in [0.2, 0.25) is 0 Å². The smallest absolute Gasteiger partial charge is 0.408 e. The molecule has 8 nitrogen and oxygen atoms in total. The molecule has 0 unspecified atom stereocenters. The van der Waals surface area contributed by atoms with Crippen molar-refractivity contribution in [3.05, 3.63) is 23.8 Å². The maximum atomic E-state index is 12.0. The molecule has 1 aromatic carbocycles. The summed E-state index contributed by atoms with van der Waals surface area (Å²) in [7, 11) is 1.44. The van der Waals surface area contributed by atoms with E-state index in [1.165, 1.54) is 14.0 Å². The maximum absolute atomic E-state index is 12.0. The third-order valence-electron chi connectivity index (χ3n) is 3.33. The average Bonchev–Trinajstić information content (AvgIpc) is 2.58. The molecule has 0 aliphatic rings. The van der Waals surface area contributed by atoms with Crippen LogP contribution in [-0.2, 0) is 25.7 Å². The third-order valence-corrected chi connectivity index (χ3v) is 3.33. The van der Waals surface area contributed by atoms with E-state index in [2.05, 4.69) is 5.32 Å². The second-order valence-corrected chi connectivity index (χ2v) is 5.77. The Labute approximate surface area is 152 Å². The summed E-state index contributed by atoms with van der Waals surface area (Å²) in [6.45, 7) is 6.75. The van der Waals surface area contributed by atoms with Crippen LogP contribution in [0.2, 0.25) is 0 Å². The molecule has 0 fully saturated rings. The summed E-state index contributed by atoms with van der Waals surface area (Å²) in [5.74, 6) is -0.509. The minimum absolute atomic E-state index is 0.0455. The number of alkyl carbamates (subject to hydrolysis) is 1. The first kappa shape index (κ1) is 21.3. The molecule has 0 heterocycles. The van der Waals surface area contributed by atoms with E-state index in [1.807, 2.05) is 0 Å². The van der Waals surface area contributed by atoms with Gasteiger partial charge in [0.05, 0.1) is 13.7 Å². The van der Waals surface area contributed by atoms with E-state index >= 15 is 0 Å². The Hall–Kier alpha value is -2.77. The van der Waals surface area contributed by atoms with Crippen LogP contribution in [-0.4, -0.2) is 37.8 Å². The van der Waals surface area contributed by atoms with Gasteiger partial charge in [0.15, 0.2) is 11.5 Å². The molecule has 0 radical (unpaired) electrons. The summed E-state index contributed by atoms with van der Waals surface area (Å²) >= 11 is 0. The van der Waals surface area contributed by atoms with Gasteiger partial charge in [-0.3, -0.25) is 4.79 Å². The molecular formula is C18H25NO7. The first-order valence-electron chi connectivity index (χ1n) is 8.23. The van der Waals surface area contributed by atoms with Gasteiger partial charge in [-0.2, -0.15) is 0 Å². The maximum Gasteiger partial charge on any atom is 0.408 e. The van der Waals surface area contributed by atoms with Crippen molar-refractivity contribution in [2.24, 2.45) is 5.92 Å². The van der Waals surface area contributed by atoms with Crippen molar-refractivity contribution in [2.45, 2.75) is 40.3 Å². The van der Waals surface area contributed by atoms with E-state index in [0.29, 0.717) is 11.3 Å². The molecule has 1 rings (SSSR count). The molecule has 0 aromatic heterocycles. The van der Waals surface area contributed by atoms with Crippen molar-refractivity contribution in [2.75, 3.05) is 13.7 Å². The largest absolute Gasteiger partial charge is 0.493 e. The van der Waals surface area contributed by atoms with Gasteiger partial charge < -0.3 is 24.3 Å². The van der Waals surface area contributed by atoms with Gasteiger partial charge in [0.25, 0.3) is 0 Å². The monoisotopic (exact) mass is 367 g/mol. The number of carbonyl (C=O) groups excluding carboxylic acids is 3. The zero-order valence-corrected chi connectivity index (χ0v) is 15.7. The minimum Gasteiger partial charge on any atom is -0.493 e. The van der Waals surface area contributed by atoms with Crippen molar-refractivity contribution in [1.82, 2.24) is 5.32 Å². The summed E-state index contributed by atoms with van der Waals surface area (Å²) in [6.07, 6.45) is -0.736. The zero-order chi connectivity index (χ0) is 19.7. The Balaban J connectivity index is 2.68. The van der Waals surface area contributed by atoms with Gasteiger partial charge in [-0.15, -0.1) is 0 Å².